The van der Waals surface area contributed by atoms with Crippen LogP contribution in [0.25, 0.3) is 0 Å². The molecular weight excluding hydrogens is 326 g/mol. The Labute approximate surface area is 155 Å². The Balaban J connectivity index is 1.52. The molecule has 1 aliphatic heterocycles. The van der Waals surface area contributed by atoms with Gasteiger partial charge in [0, 0.05) is 11.6 Å². The second-order valence-electron chi connectivity index (χ2n) is 7.23. The van der Waals surface area contributed by atoms with Crippen LogP contribution in [0.5, 0.6) is 0 Å². The molecule has 1 saturated heterocycles. The second-order valence-corrected chi connectivity index (χ2v) is 7.23. The molecule has 1 spiro atoms. The van der Waals surface area contributed by atoms with E-state index in [1.54, 1.807) is 6.08 Å². The van der Waals surface area contributed by atoms with Crippen LogP contribution in [0.3, 0.4) is 0 Å². The van der Waals surface area contributed by atoms with Gasteiger partial charge in [-0.1, -0.05) is 42.5 Å². The van der Waals surface area contributed by atoms with E-state index in [1.807, 2.05) is 37.3 Å². The minimum absolute atomic E-state index is 0.195. The lowest BCUT2D eigenvalue weighted by Crippen LogP contribution is -2.42. The summed E-state index contributed by atoms with van der Waals surface area (Å²) in [7, 11) is 0. The molecule has 1 aliphatic carbocycles. The van der Waals surface area contributed by atoms with Gasteiger partial charge in [0.25, 0.3) is 0 Å². The molecular formula is C22H27NO3. The molecule has 138 valence electrons. The molecule has 1 aromatic rings. The van der Waals surface area contributed by atoms with Crippen molar-refractivity contribution in [2.24, 2.45) is 5.41 Å². The average molecular weight is 353 g/mol. The minimum Gasteiger partial charge on any atom is -0.463 e. The predicted octanol–water partition coefficient (Wildman–Crippen LogP) is 3.79. The zero-order chi connectivity index (χ0) is 18.4. The maximum atomic E-state index is 12.4. The van der Waals surface area contributed by atoms with Gasteiger partial charge in [-0.2, -0.15) is 0 Å². The summed E-state index contributed by atoms with van der Waals surface area (Å²) in [5.74, 6) is -0.0577. The number of hydrogen-bond acceptors (Lipinski definition) is 4. The van der Waals surface area contributed by atoms with Gasteiger partial charge in [-0.15, -0.1) is 0 Å². The van der Waals surface area contributed by atoms with Gasteiger partial charge in [-0.25, -0.2) is 4.79 Å². The first-order valence-corrected chi connectivity index (χ1v) is 9.47. The quantitative estimate of drug-likeness (QED) is 0.459. The number of Topliss-reactive ketones (excluding diaryl/α,β-unsaturated/α-hetero) is 1. The van der Waals surface area contributed by atoms with Crippen molar-refractivity contribution in [3.63, 3.8) is 0 Å². The molecule has 1 aromatic carbocycles. The third-order valence-corrected chi connectivity index (χ3v) is 5.47. The zero-order valence-corrected chi connectivity index (χ0v) is 15.4. The van der Waals surface area contributed by atoms with Crippen LogP contribution in [-0.4, -0.2) is 42.9 Å². The molecule has 0 atom stereocenters. The summed E-state index contributed by atoms with van der Waals surface area (Å²) in [5.41, 5.74) is 2.06. The number of benzene rings is 1. The Morgan fingerprint density at radius 3 is 2.50 bits per heavy atom. The molecule has 0 amide bonds. The highest BCUT2D eigenvalue weighted by molar-refractivity contribution is 5.97. The number of carbonyl (C=O) groups excluding carboxylic acids is 2. The Morgan fingerprint density at radius 2 is 1.88 bits per heavy atom. The number of nitrogens with zero attached hydrogens (tertiary/aromatic N) is 1. The first kappa shape index (κ1) is 18.6. The van der Waals surface area contributed by atoms with Crippen LogP contribution in [0, 0.1) is 5.41 Å². The summed E-state index contributed by atoms with van der Waals surface area (Å²) in [6, 6.07) is 9.52. The van der Waals surface area contributed by atoms with Crippen LogP contribution in [0.1, 0.15) is 43.0 Å². The SMILES string of the molecule is CCOC(=O)C=C1C=CC2(CC1)CCN(CC(=O)c1ccccc1)CC2. The van der Waals surface area contributed by atoms with Gasteiger partial charge in [0.15, 0.2) is 5.78 Å². The summed E-state index contributed by atoms with van der Waals surface area (Å²) in [6.07, 6.45) is 10.1. The molecule has 1 fully saturated rings. The van der Waals surface area contributed by atoms with E-state index >= 15 is 0 Å². The zero-order valence-electron chi connectivity index (χ0n) is 15.4. The van der Waals surface area contributed by atoms with Crippen molar-refractivity contribution in [2.45, 2.75) is 32.6 Å². The molecule has 0 unspecified atom stereocenters. The number of ether oxygens (including phenoxy) is 1. The van der Waals surface area contributed by atoms with E-state index in [1.165, 1.54) is 0 Å². The molecule has 1 heterocycles. The van der Waals surface area contributed by atoms with Crippen LogP contribution in [0.4, 0.5) is 0 Å². The van der Waals surface area contributed by atoms with Crippen molar-refractivity contribution in [3.05, 3.63) is 59.7 Å². The molecule has 4 heteroatoms. The van der Waals surface area contributed by atoms with E-state index in [0.29, 0.717) is 13.2 Å². The maximum absolute atomic E-state index is 12.4. The fourth-order valence-electron chi connectivity index (χ4n) is 3.79. The van der Waals surface area contributed by atoms with Crippen LogP contribution in [0.15, 0.2) is 54.1 Å². The van der Waals surface area contributed by atoms with Gasteiger partial charge in [0.05, 0.1) is 13.2 Å². The molecule has 0 bridgehead atoms. The van der Waals surface area contributed by atoms with Gasteiger partial charge < -0.3 is 4.74 Å². The smallest absolute Gasteiger partial charge is 0.331 e. The van der Waals surface area contributed by atoms with Crippen molar-refractivity contribution < 1.29 is 14.3 Å². The average Bonchev–Trinajstić information content (AvgIpc) is 2.67. The molecule has 2 aliphatic rings. The summed E-state index contributed by atoms with van der Waals surface area (Å²) < 4.78 is 4.98. The van der Waals surface area contributed by atoms with Crippen molar-refractivity contribution in [2.75, 3.05) is 26.2 Å². The van der Waals surface area contributed by atoms with Gasteiger partial charge in [-0.05, 0) is 56.7 Å². The Bertz CT molecular complexity index is 697. The van der Waals surface area contributed by atoms with Crippen molar-refractivity contribution in [3.8, 4) is 0 Å². The topological polar surface area (TPSA) is 46.6 Å². The summed E-state index contributed by atoms with van der Waals surface area (Å²) in [6.45, 7) is 4.61. The predicted molar refractivity (Wildman–Crippen MR) is 102 cm³/mol. The fraction of sp³-hybridized carbons (Fsp3) is 0.455. The van der Waals surface area contributed by atoms with Crippen molar-refractivity contribution in [1.29, 1.82) is 0 Å². The largest absolute Gasteiger partial charge is 0.463 e. The minimum atomic E-state index is -0.252. The van der Waals surface area contributed by atoms with E-state index in [2.05, 4.69) is 17.1 Å². The standard InChI is InChI=1S/C22H27NO3/c1-2-26-21(25)16-18-8-10-22(11-9-18)12-14-23(15-13-22)17-20(24)19-6-4-3-5-7-19/h3-8,10,16H,2,9,11-15,17H2,1H3. The number of ketones is 1. The summed E-state index contributed by atoms with van der Waals surface area (Å²) >= 11 is 0. The number of likely N-dealkylation sites (tertiary alicyclic amines) is 1. The highest BCUT2D eigenvalue weighted by Crippen LogP contribution is 2.41. The van der Waals surface area contributed by atoms with Gasteiger partial charge in [0.1, 0.15) is 0 Å². The van der Waals surface area contributed by atoms with E-state index < -0.39 is 0 Å². The van der Waals surface area contributed by atoms with E-state index in [4.69, 9.17) is 4.74 Å². The Morgan fingerprint density at radius 1 is 1.15 bits per heavy atom. The number of hydrogen-bond donors (Lipinski definition) is 0. The highest BCUT2D eigenvalue weighted by Gasteiger charge is 2.34. The molecule has 0 saturated carbocycles. The number of rotatable bonds is 5. The van der Waals surface area contributed by atoms with E-state index in [9.17, 15) is 9.59 Å². The second kappa shape index (κ2) is 8.45. The molecule has 0 aromatic heterocycles. The normalized spacial score (nSPS) is 21.0. The third kappa shape index (κ3) is 4.70. The van der Waals surface area contributed by atoms with Crippen LogP contribution >= 0.6 is 0 Å². The third-order valence-electron chi connectivity index (χ3n) is 5.47. The first-order chi connectivity index (χ1) is 12.6. The van der Waals surface area contributed by atoms with Gasteiger partial charge in [0.2, 0.25) is 0 Å². The Hall–Kier alpha value is -2.20. The molecule has 0 radical (unpaired) electrons. The fourth-order valence-corrected chi connectivity index (χ4v) is 3.79. The van der Waals surface area contributed by atoms with Gasteiger partial charge in [-0.3, -0.25) is 9.69 Å². The molecule has 0 N–H and O–H groups in total. The lowest BCUT2D eigenvalue weighted by atomic mass is 9.71. The lowest BCUT2D eigenvalue weighted by Gasteiger charge is -2.41. The lowest BCUT2D eigenvalue weighted by molar-refractivity contribution is -0.137. The van der Waals surface area contributed by atoms with Crippen LogP contribution in [-0.2, 0) is 9.53 Å². The van der Waals surface area contributed by atoms with Gasteiger partial charge >= 0.3 is 5.97 Å². The maximum Gasteiger partial charge on any atom is 0.331 e. The molecule has 3 rings (SSSR count). The number of carbonyl (C=O) groups is 2. The summed E-state index contributed by atoms with van der Waals surface area (Å²) in [5, 5.41) is 0. The monoisotopic (exact) mass is 353 g/mol. The van der Waals surface area contributed by atoms with Crippen molar-refractivity contribution in [1.82, 2.24) is 4.90 Å². The van der Waals surface area contributed by atoms with E-state index in [-0.39, 0.29) is 17.2 Å². The summed E-state index contributed by atoms with van der Waals surface area (Å²) in [4.78, 5) is 26.2. The number of piperidine rings is 1. The first-order valence-electron chi connectivity index (χ1n) is 9.47. The number of allylic oxidation sites excluding steroid dienone is 3. The van der Waals surface area contributed by atoms with E-state index in [0.717, 1.165) is 49.9 Å². The van der Waals surface area contributed by atoms with Crippen LogP contribution < -0.4 is 0 Å². The molecule has 4 nitrogen and oxygen atoms in total. The van der Waals surface area contributed by atoms with Crippen LogP contribution in [0.2, 0.25) is 0 Å². The molecule has 26 heavy (non-hydrogen) atoms. The Kier molecular flexibility index (Phi) is 6.04. The van der Waals surface area contributed by atoms with Crippen molar-refractivity contribution >= 4 is 11.8 Å². The highest BCUT2D eigenvalue weighted by atomic mass is 16.5. The number of esters is 1.